The number of carboxylic acid groups (broad SMARTS) is 1. The van der Waals surface area contributed by atoms with E-state index in [9.17, 15) is 9.59 Å². The van der Waals surface area contributed by atoms with Crippen LogP contribution in [-0.2, 0) is 11.2 Å². The Morgan fingerprint density at radius 2 is 1.92 bits per heavy atom. The average molecular weight is 327 g/mol. The second-order valence-corrected chi connectivity index (χ2v) is 5.68. The SMILES string of the molecule is Cc1ccccc1OC(C)CNC(=O)Cc1cccc(C(=O)O)c1. The molecule has 0 bridgehead atoms. The molecule has 0 saturated heterocycles. The van der Waals surface area contributed by atoms with Gasteiger partial charge in [-0.3, -0.25) is 4.79 Å². The molecule has 0 heterocycles. The Balaban J connectivity index is 1.83. The van der Waals surface area contributed by atoms with E-state index in [4.69, 9.17) is 9.84 Å². The van der Waals surface area contributed by atoms with E-state index >= 15 is 0 Å². The summed E-state index contributed by atoms with van der Waals surface area (Å²) in [6.45, 7) is 4.24. The molecule has 2 aromatic carbocycles. The molecule has 24 heavy (non-hydrogen) atoms. The molecule has 2 aromatic rings. The maximum atomic E-state index is 12.0. The highest BCUT2D eigenvalue weighted by Crippen LogP contribution is 2.17. The molecule has 0 aliphatic rings. The lowest BCUT2D eigenvalue weighted by atomic mass is 10.1. The van der Waals surface area contributed by atoms with E-state index in [1.807, 2.05) is 38.1 Å². The molecule has 5 heteroatoms. The van der Waals surface area contributed by atoms with Crippen LogP contribution in [0.4, 0.5) is 0 Å². The summed E-state index contributed by atoms with van der Waals surface area (Å²) in [5.74, 6) is -0.372. The molecule has 2 rings (SSSR count). The third-order valence-corrected chi connectivity index (χ3v) is 3.55. The summed E-state index contributed by atoms with van der Waals surface area (Å²) in [5, 5.41) is 11.8. The number of carbonyl (C=O) groups excluding carboxylic acids is 1. The summed E-state index contributed by atoms with van der Waals surface area (Å²) >= 11 is 0. The van der Waals surface area contributed by atoms with Crippen molar-refractivity contribution in [3.05, 3.63) is 65.2 Å². The second kappa shape index (κ2) is 8.15. The van der Waals surface area contributed by atoms with Gasteiger partial charge in [0.05, 0.1) is 18.5 Å². The quantitative estimate of drug-likeness (QED) is 0.820. The van der Waals surface area contributed by atoms with Crippen molar-refractivity contribution in [1.82, 2.24) is 5.32 Å². The van der Waals surface area contributed by atoms with Crippen molar-refractivity contribution in [3.63, 3.8) is 0 Å². The zero-order valence-corrected chi connectivity index (χ0v) is 13.8. The third kappa shape index (κ3) is 5.12. The number of aryl methyl sites for hydroxylation is 1. The van der Waals surface area contributed by atoms with Gasteiger partial charge in [0.2, 0.25) is 5.91 Å². The van der Waals surface area contributed by atoms with Crippen LogP contribution in [0.3, 0.4) is 0 Å². The molecular weight excluding hydrogens is 306 g/mol. The van der Waals surface area contributed by atoms with E-state index in [1.54, 1.807) is 12.1 Å². The number of rotatable bonds is 7. The number of carbonyl (C=O) groups is 2. The monoisotopic (exact) mass is 327 g/mol. The number of benzene rings is 2. The van der Waals surface area contributed by atoms with Crippen molar-refractivity contribution >= 4 is 11.9 Å². The van der Waals surface area contributed by atoms with E-state index in [-0.39, 0.29) is 24.0 Å². The lowest BCUT2D eigenvalue weighted by Gasteiger charge is -2.17. The summed E-state index contributed by atoms with van der Waals surface area (Å²) in [5.41, 5.74) is 1.89. The fourth-order valence-corrected chi connectivity index (χ4v) is 2.27. The van der Waals surface area contributed by atoms with Crippen LogP contribution >= 0.6 is 0 Å². The Morgan fingerprint density at radius 3 is 2.62 bits per heavy atom. The van der Waals surface area contributed by atoms with E-state index in [2.05, 4.69) is 5.32 Å². The topological polar surface area (TPSA) is 75.6 Å². The first kappa shape index (κ1) is 17.5. The summed E-state index contributed by atoms with van der Waals surface area (Å²) in [6.07, 6.45) is -0.0292. The maximum Gasteiger partial charge on any atom is 0.335 e. The van der Waals surface area contributed by atoms with Crippen LogP contribution in [-0.4, -0.2) is 29.6 Å². The van der Waals surface area contributed by atoms with Gasteiger partial charge in [-0.05, 0) is 43.2 Å². The fraction of sp³-hybridized carbons (Fsp3) is 0.263. The zero-order chi connectivity index (χ0) is 17.5. The average Bonchev–Trinajstić information content (AvgIpc) is 2.55. The summed E-state index contributed by atoms with van der Waals surface area (Å²) in [7, 11) is 0. The Kier molecular flexibility index (Phi) is 5.95. The van der Waals surface area contributed by atoms with Crippen molar-refractivity contribution in [1.29, 1.82) is 0 Å². The largest absolute Gasteiger partial charge is 0.489 e. The molecule has 0 aliphatic carbocycles. The summed E-state index contributed by atoms with van der Waals surface area (Å²) in [6, 6.07) is 14.1. The van der Waals surface area contributed by atoms with E-state index in [1.165, 1.54) is 12.1 Å². The van der Waals surface area contributed by atoms with E-state index < -0.39 is 5.97 Å². The van der Waals surface area contributed by atoms with Gasteiger partial charge in [-0.2, -0.15) is 0 Å². The van der Waals surface area contributed by atoms with Crippen molar-refractivity contribution in [2.75, 3.05) is 6.54 Å². The van der Waals surface area contributed by atoms with Gasteiger partial charge in [-0.25, -0.2) is 4.79 Å². The molecule has 0 spiro atoms. The Labute approximate surface area is 141 Å². The molecule has 1 amide bonds. The standard InChI is InChI=1S/C19H21NO4/c1-13-6-3-4-9-17(13)24-14(2)12-20-18(21)11-15-7-5-8-16(10-15)19(22)23/h3-10,14H,11-12H2,1-2H3,(H,20,21)(H,22,23). The molecule has 5 nitrogen and oxygen atoms in total. The minimum Gasteiger partial charge on any atom is -0.489 e. The van der Waals surface area contributed by atoms with E-state index in [0.29, 0.717) is 12.1 Å². The number of hydrogen-bond acceptors (Lipinski definition) is 3. The highest BCUT2D eigenvalue weighted by Gasteiger charge is 2.10. The minimum absolute atomic E-state index is 0.137. The summed E-state index contributed by atoms with van der Waals surface area (Å²) < 4.78 is 5.80. The van der Waals surface area contributed by atoms with Crippen LogP contribution in [0.5, 0.6) is 5.75 Å². The highest BCUT2D eigenvalue weighted by atomic mass is 16.5. The number of carboxylic acids is 1. The first-order chi connectivity index (χ1) is 11.5. The lowest BCUT2D eigenvalue weighted by molar-refractivity contribution is -0.120. The molecule has 0 aromatic heterocycles. The predicted molar refractivity (Wildman–Crippen MR) is 91.4 cm³/mol. The highest BCUT2D eigenvalue weighted by molar-refractivity contribution is 5.88. The van der Waals surface area contributed by atoms with Crippen molar-refractivity contribution < 1.29 is 19.4 Å². The van der Waals surface area contributed by atoms with Crippen LogP contribution in [0.2, 0.25) is 0 Å². The first-order valence-electron chi connectivity index (χ1n) is 7.77. The number of ether oxygens (including phenoxy) is 1. The predicted octanol–water partition coefficient (Wildman–Crippen LogP) is 2.82. The molecular formula is C19H21NO4. The maximum absolute atomic E-state index is 12.0. The molecule has 0 aliphatic heterocycles. The van der Waals surface area contributed by atoms with Gasteiger partial charge in [0.1, 0.15) is 11.9 Å². The first-order valence-corrected chi connectivity index (χ1v) is 7.77. The van der Waals surface area contributed by atoms with Crippen molar-refractivity contribution in [2.24, 2.45) is 0 Å². The number of amides is 1. The lowest BCUT2D eigenvalue weighted by Crippen LogP contribution is -2.34. The van der Waals surface area contributed by atoms with Crippen molar-refractivity contribution in [3.8, 4) is 5.75 Å². The van der Waals surface area contributed by atoms with E-state index in [0.717, 1.165) is 11.3 Å². The molecule has 2 N–H and O–H groups in total. The van der Waals surface area contributed by atoms with Gasteiger partial charge in [0.25, 0.3) is 0 Å². The van der Waals surface area contributed by atoms with Gasteiger partial charge in [-0.1, -0.05) is 30.3 Å². The molecule has 0 fully saturated rings. The van der Waals surface area contributed by atoms with Gasteiger partial charge in [0, 0.05) is 0 Å². The van der Waals surface area contributed by atoms with Crippen LogP contribution < -0.4 is 10.1 Å². The number of hydrogen-bond donors (Lipinski definition) is 2. The zero-order valence-electron chi connectivity index (χ0n) is 13.8. The second-order valence-electron chi connectivity index (χ2n) is 5.68. The molecule has 1 atom stereocenters. The molecule has 1 unspecified atom stereocenters. The number of aromatic carboxylic acids is 1. The Bertz CT molecular complexity index is 727. The van der Waals surface area contributed by atoms with Gasteiger partial charge in [-0.15, -0.1) is 0 Å². The number of nitrogens with one attached hydrogen (secondary N) is 1. The molecule has 0 radical (unpaired) electrons. The van der Waals surface area contributed by atoms with Gasteiger partial charge >= 0.3 is 5.97 Å². The number of para-hydroxylation sites is 1. The fourth-order valence-electron chi connectivity index (χ4n) is 2.27. The van der Waals surface area contributed by atoms with Crippen LogP contribution in [0.1, 0.15) is 28.4 Å². The van der Waals surface area contributed by atoms with Crippen molar-refractivity contribution in [2.45, 2.75) is 26.4 Å². The van der Waals surface area contributed by atoms with Crippen LogP contribution in [0, 0.1) is 6.92 Å². The third-order valence-electron chi connectivity index (χ3n) is 3.55. The van der Waals surface area contributed by atoms with Gasteiger partial charge < -0.3 is 15.2 Å². The smallest absolute Gasteiger partial charge is 0.335 e. The molecule has 0 saturated carbocycles. The minimum atomic E-state index is -1.00. The Morgan fingerprint density at radius 1 is 1.17 bits per heavy atom. The van der Waals surface area contributed by atoms with Crippen LogP contribution in [0.15, 0.2) is 48.5 Å². The van der Waals surface area contributed by atoms with Crippen LogP contribution in [0.25, 0.3) is 0 Å². The Hall–Kier alpha value is -2.82. The van der Waals surface area contributed by atoms with Gasteiger partial charge in [0.15, 0.2) is 0 Å². The normalized spacial score (nSPS) is 11.6. The molecule has 126 valence electrons. The summed E-state index contributed by atoms with van der Waals surface area (Å²) in [4.78, 5) is 22.9.